The monoisotopic (exact) mass is 508 g/mol. The molecule has 0 radical (unpaired) electrons. The lowest BCUT2D eigenvalue weighted by molar-refractivity contribution is -0.119. The number of carbonyl (C=O) groups excluding carboxylic acids is 2. The molecule has 0 spiro atoms. The molecule has 3 aromatic rings. The molecular weight excluding hydrogens is 475 g/mol. The van der Waals surface area contributed by atoms with Crippen LogP contribution in [0.25, 0.3) is 11.1 Å². The van der Waals surface area contributed by atoms with E-state index in [9.17, 15) is 9.59 Å². The van der Waals surface area contributed by atoms with Crippen LogP contribution in [0, 0.1) is 37.5 Å². The zero-order chi connectivity index (χ0) is 26.3. The molecule has 3 heterocycles. The van der Waals surface area contributed by atoms with Crippen LogP contribution >= 0.6 is 0 Å². The van der Waals surface area contributed by atoms with E-state index in [2.05, 4.69) is 36.1 Å². The molecule has 2 atom stereocenters. The average molecular weight is 509 g/mol. The molecule has 2 amide bonds. The van der Waals surface area contributed by atoms with Gasteiger partial charge >= 0.3 is 0 Å². The van der Waals surface area contributed by atoms with Crippen molar-refractivity contribution in [2.24, 2.45) is 17.8 Å². The van der Waals surface area contributed by atoms with Crippen LogP contribution in [0.1, 0.15) is 73.9 Å². The molecule has 196 valence electrons. The van der Waals surface area contributed by atoms with Crippen LogP contribution in [-0.4, -0.2) is 48.0 Å². The summed E-state index contributed by atoms with van der Waals surface area (Å²) in [5.41, 5.74) is 2.69. The Hall–Kier alpha value is -3.63. The first-order chi connectivity index (χ1) is 17.8. The largest absolute Gasteiger partial charge is 0.339 e. The predicted octanol–water partition coefficient (Wildman–Crippen LogP) is 3.96. The molecule has 0 saturated heterocycles. The van der Waals surface area contributed by atoms with Crippen molar-refractivity contribution >= 4 is 17.6 Å². The first-order valence-corrected chi connectivity index (χ1v) is 13.0. The van der Waals surface area contributed by atoms with Gasteiger partial charge in [-0.1, -0.05) is 12.1 Å². The summed E-state index contributed by atoms with van der Waals surface area (Å²) in [7, 11) is 0. The molecule has 11 heteroatoms. The summed E-state index contributed by atoms with van der Waals surface area (Å²) in [6.07, 6.45) is 6.37. The van der Waals surface area contributed by atoms with Gasteiger partial charge in [0.15, 0.2) is 0 Å². The molecule has 5 rings (SSSR count). The molecule has 0 aromatic carbocycles. The Labute approximate surface area is 214 Å². The standard InChI is InChI=1S/C26H33FN8O2/c1-5-13(2)35-19(12-28-34-35)25(36)31-23(22(16-6-7-16)17-8-9-17)26(37)30-20-11-10-18(24(27)29-20)21-14(3)32-33-15(21)4/h10-13,16-17,22-23H,5-9H2,1-4H3,(H,31,36)(H,32,33)(H,29,30,37). The molecule has 2 saturated carbocycles. The molecule has 10 nitrogen and oxygen atoms in total. The third-order valence-electron chi connectivity index (χ3n) is 7.60. The van der Waals surface area contributed by atoms with Gasteiger partial charge in [0, 0.05) is 16.8 Å². The maximum absolute atomic E-state index is 15.0. The van der Waals surface area contributed by atoms with Crippen molar-refractivity contribution in [1.82, 2.24) is 35.5 Å². The molecule has 37 heavy (non-hydrogen) atoms. The number of rotatable bonds is 10. The van der Waals surface area contributed by atoms with Crippen molar-refractivity contribution in [2.75, 3.05) is 5.32 Å². The average Bonchev–Trinajstić information content (AvgIpc) is 3.81. The topological polar surface area (TPSA) is 130 Å². The lowest BCUT2D eigenvalue weighted by atomic mass is 9.88. The van der Waals surface area contributed by atoms with Gasteiger partial charge in [-0.2, -0.15) is 9.49 Å². The maximum Gasteiger partial charge on any atom is 0.271 e. The van der Waals surface area contributed by atoms with E-state index in [4.69, 9.17) is 0 Å². The van der Waals surface area contributed by atoms with E-state index >= 15 is 4.39 Å². The minimum atomic E-state index is -0.768. The van der Waals surface area contributed by atoms with Gasteiger partial charge in [-0.25, -0.2) is 9.67 Å². The van der Waals surface area contributed by atoms with Gasteiger partial charge in [-0.15, -0.1) is 5.10 Å². The summed E-state index contributed by atoms with van der Waals surface area (Å²) < 4.78 is 16.6. The second-order valence-electron chi connectivity index (χ2n) is 10.4. The molecule has 0 aliphatic heterocycles. The van der Waals surface area contributed by atoms with Crippen molar-refractivity contribution < 1.29 is 14.0 Å². The number of anilines is 1. The van der Waals surface area contributed by atoms with E-state index in [0.717, 1.165) is 37.8 Å². The van der Waals surface area contributed by atoms with Crippen molar-refractivity contribution in [2.45, 2.75) is 71.9 Å². The number of nitrogens with one attached hydrogen (secondary N) is 3. The first-order valence-electron chi connectivity index (χ1n) is 13.0. The van der Waals surface area contributed by atoms with E-state index in [1.54, 1.807) is 23.7 Å². The fourth-order valence-electron chi connectivity index (χ4n) is 5.19. The summed E-state index contributed by atoms with van der Waals surface area (Å²) in [4.78, 5) is 30.9. The quantitative estimate of drug-likeness (QED) is 0.355. The minimum absolute atomic E-state index is 0.00798. The zero-order valence-corrected chi connectivity index (χ0v) is 21.6. The van der Waals surface area contributed by atoms with Gasteiger partial charge in [-0.3, -0.25) is 14.7 Å². The summed E-state index contributed by atoms with van der Waals surface area (Å²) in [5, 5.41) is 20.7. The molecule has 2 aliphatic carbocycles. The number of amides is 2. The van der Waals surface area contributed by atoms with Crippen LogP contribution in [0.3, 0.4) is 0 Å². The predicted molar refractivity (Wildman–Crippen MR) is 135 cm³/mol. The van der Waals surface area contributed by atoms with Crippen LogP contribution in [0.2, 0.25) is 0 Å². The number of hydrogen-bond acceptors (Lipinski definition) is 6. The molecule has 2 fully saturated rings. The van der Waals surface area contributed by atoms with Crippen LogP contribution in [0.4, 0.5) is 10.2 Å². The highest BCUT2D eigenvalue weighted by molar-refractivity contribution is 6.00. The SMILES string of the molecule is CCC(C)n1nncc1C(=O)NC(C(=O)Nc1ccc(-c2c(C)n[nH]c2C)c(F)n1)C(C1CC1)C1CC1. The van der Waals surface area contributed by atoms with Crippen molar-refractivity contribution in [3.8, 4) is 11.1 Å². The third kappa shape index (κ3) is 5.12. The summed E-state index contributed by atoms with van der Waals surface area (Å²) in [6.45, 7) is 7.58. The Morgan fingerprint density at radius 3 is 2.46 bits per heavy atom. The van der Waals surface area contributed by atoms with Crippen LogP contribution in [0.15, 0.2) is 18.3 Å². The number of aromatic nitrogens is 6. The smallest absolute Gasteiger partial charge is 0.271 e. The lowest BCUT2D eigenvalue weighted by Gasteiger charge is -2.27. The number of aryl methyl sites for hydroxylation is 2. The summed E-state index contributed by atoms with van der Waals surface area (Å²) in [6, 6.07) is 2.39. The summed E-state index contributed by atoms with van der Waals surface area (Å²) in [5.74, 6) is -0.582. The number of aromatic amines is 1. The molecule has 2 unspecified atom stereocenters. The highest BCUT2D eigenvalue weighted by atomic mass is 19.1. The van der Waals surface area contributed by atoms with Crippen LogP contribution in [-0.2, 0) is 4.79 Å². The normalized spacial score (nSPS) is 17.0. The van der Waals surface area contributed by atoms with E-state index in [1.165, 1.54) is 6.20 Å². The summed E-state index contributed by atoms with van der Waals surface area (Å²) >= 11 is 0. The molecule has 2 aliphatic rings. The number of carbonyl (C=O) groups is 2. The molecule has 0 bridgehead atoms. The number of pyridine rings is 1. The van der Waals surface area contributed by atoms with Crippen molar-refractivity contribution in [3.63, 3.8) is 0 Å². The van der Waals surface area contributed by atoms with E-state index in [0.29, 0.717) is 34.4 Å². The Kier molecular flexibility index (Phi) is 6.78. The molecular formula is C26H33FN8O2. The zero-order valence-electron chi connectivity index (χ0n) is 21.6. The maximum atomic E-state index is 15.0. The first kappa shape index (κ1) is 25.0. The Morgan fingerprint density at radius 2 is 1.89 bits per heavy atom. The van der Waals surface area contributed by atoms with Gasteiger partial charge in [-0.05, 0) is 82.8 Å². The fraction of sp³-hybridized carbons (Fsp3) is 0.538. The van der Waals surface area contributed by atoms with Crippen molar-refractivity contribution in [1.29, 1.82) is 0 Å². The number of halogens is 1. The number of nitrogens with zero attached hydrogens (tertiary/aromatic N) is 5. The molecule has 3 aromatic heterocycles. The van der Waals surface area contributed by atoms with Gasteiger partial charge in [0.05, 0.1) is 17.9 Å². The highest BCUT2D eigenvalue weighted by Crippen LogP contribution is 2.51. The third-order valence-corrected chi connectivity index (χ3v) is 7.60. The number of hydrogen-bond donors (Lipinski definition) is 3. The number of H-pyrrole nitrogens is 1. The van der Waals surface area contributed by atoms with E-state index in [-0.39, 0.29) is 17.8 Å². The fourth-order valence-corrected chi connectivity index (χ4v) is 5.19. The Morgan fingerprint density at radius 1 is 1.19 bits per heavy atom. The highest BCUT2D eigenvalue weighted by Gasteiger charge is 2.48. The second kappa shape index (κ2) is 10.0. The van der Waals surface area contributed by atoms with E-state index in [1.807, 2.05) is 20.8 Å². The second-order valence-corrected chi connectivity index (χ2v) is 10.4. The van der Waals surface area contributed by atoms with Crippen LogP contribution in [0.5, 0.6) is 0 Å². The Balaban J connectivity index is 1.39. The minimum Gasteiger partial charge on any atom is -0.339 e. The molecule has 3 N–H and O–H groups in total. The van der Waals surface area contributed by atoms with Crippen molar-refractivity contribution in [3.05, 3.63) is 41.4 Å². The lowest BCUT2D eigenvalue weighted by Crippen LogP contribution is -2.50. The van der Waals surface area contributed by atoms with E-state index < -0.39 is 23.8 Å². The van der Waals surface area contributed by atoms with Gasteiger partial charge in [0.2, 0.25) is 11.9 Å². The van der Waals surface area contributed by atoms with Gasteiger partial charge in [0.1, 0.15) is 17.6 Å². The van der Waals surface area contributed by atoms with Crippen LogP contribution < -0.4 is 10.6 Å². The van der Waals surface area contributed by atoms with Gasteiger partial charge < -0.3 is 10.6 Å². The van der Waals surface area contributed by atoms with Gasteiger partial charge in [0.25, 0.3) is 5.91 Å². The Bertz CT molecular complexity index is 1280.